The van der Waals surface area contributed by atoms with Crippen molar-refractivity contribution in [2.45, 2.75) is 0 Å². The number of carbonyl (C=O) groups is 1. The quantitative estimate of drug-likeness (QED) is 0.827. The minimum Gasteiger partial charge on any atom is -0.454 e. The van der Waals surface area contributed by atoms with Crippen LogP contribution < -0.4 is 14.8 Å². The number of alkyl halides is 1. The van der Waals surface area contributed by atoms with Gasteiger partial charge in [-0.2, -0.15) is 0 Å². The van der Waals surface area contributed by atoms with E-state index in [-0.39, 0.29) is 19.3 Å². The van der Waals surface area contributed by atoms with Gasteiger partial charge >= 0.3 is 6.09 Å². The highest BCUT2D eigenvalue weighted by Gasteiger charge is 2.14. The molecule has 1 aromatic carbocycles. The molecule has 2 rings (SSSR count). The highest BCUT2D eigenvalue weighted by Crippen LogP contribution is 2.34. The Kier molecular flexibility index (Phi) is 3.36. The van der Waals surface area contributed by atoms with Gasteiger partial charge in [0.15, 0.2) is 11.5 Å². The summed E-state index contributed by atoms with van der Waals surface area (Å²) in [6.45, 7) is 0.382. The molecule has 0 spiro atoms. The maximum Gasteiger partial charge on any atom is 0.411 e. The highest BCUT2D eigenvalue weighted by atomic mass is 35.5. The van der Waals surface area contributed by atoms with Gasteiger partial charge in [-0.1, -0.05) is 0 Å². The summed E-state index contributed by atoms with van der Waals surface area (Å²) >= 11 is 5.38. The van der Waals surface area contributed by atoms with Crippen molar-refractivity contribution in [1.29, 1.82) is 0 Å². The number of halogens is 1. The minimum absolute atomic E-state index is 0.179. The molecule has 0 saturated heterocycles. The molecule has 16 heavy (non-hydrogen) atoms. The largest absolute Gasteiger partial charge is 0.454 e. The first-order valence-corrected chi connectivity index (χ1v) is 5.22. The van der Waals surface area contributed by atoms with Gasteiger partial charge in [0.05, 0.1) is 5.88 Å². The fraction of sp³-hybridized carbons (Fsp3) is 0.300. The molecule has 1 aliphatic rings. The topological polar surface area (TPSA) is 56.8 Å². The van der Waals surface area contributed by atoms with E-state index in [0.29, 0.717) is 17.2 Å². The first-order chi connectivity index (χ1) is 7.79. The predicted octanol–water partition coefficient (Wildman–Crippen LogP) is 2.20. The molecule has 1 aromatic rings. The third-order valence-corrected chi connectivity index (χ3v) is 2.08. The van der Waals surface area contributed by atoms with Crippen LogP contribution in [0.25, 0.3) is 0 Å². The van der Waals surface area contributed by atoms with E-state index in [1.54, 1.807) is 18.2 Å². The Labute approximate surface area is 97.2 Å². The maximum atomic E-state index is 11.2. The van der Waals surface area contributed by atoms with Gasteiger partial charge in [-0.05, 0) is 12.1 Å². The van der Waals surface area contributed by atoms with Gasteiger partial charge in [-0.25, -0.2) is 4.79 Å². The third kappa shape index (κ3) is 2.49. The second-order valence-electron chi connectivity index (χ2n) is 3.02. The molecule has 6 heteroatoms. The molecule has 5 nitrogen and oxygen atoms in total. The van der Waals surface area contributed by atoms with Crippen LogP contribution in [0.15, 0.2) is 18.2 Å². The lowest BCUT2D eigenvalue weighted by molar-refractivity contribution is 0.168. The fourth-order valence-corrected chi connectivity index (χ4v) is 1.34. The van der Waals surface area contributed by atoms with E-state index in [1.807, 2.05) is 0 Å². The number of fused-ring (bicyclic) bond motifs is 1. The van der Waals surface area contributed by atoms with Crippen molar-refractivity contribution in [3.63, 3.8) is 0 Å². The summed E-state index contributed by atoms with van der Waals surface area (Å²) in [6, 6.07) is 5.10. The van der Waals surface area contributed by atoms with Crippen molar-refractivity contribution in [2.24, 2.45) is 0 Å². The van der Waals surface area contributed by atoms with Crippen LogP contribution in [0.5, 0.6) is 11.5 Å². The van der Waals surface area contributed by atoms with Crippen molar-refractivity contribution >= 4 is 23.4 Å². The van der Waals surface area contributed by atoms with Gasteiger partial charge in [-0.15, -0.1) is 11.6 Å². The fourth-order valence-electron chi connectivity index (χ4n) is 1.26. The summed E-state index contributed by atoms with van der Waals surface area (Å²) < 4.78 is 15.1. The van der Waals surface area contributed by atoms with E-state index in [9.17, 15) is 4.79 Å². The molecule has 0 fully saturated rings. The number of nitrogens with one attached hydrogen (secondary N) is 1. The van der Waals surface area contributed by atoms with Crippen LogP contribution in [0.2, 0.25) is 0 Å². The van der Waals surface area contributed by atoms with Gasteiger partial charge in [0.1, 0.15) is 6.61 Å². The van der Waals surface area contributed by atoms with Crippen molar-refractivity contribution in [3.05, 3.63) is 18.2 Å². The average molecular weight is 244 g/mol. The number of ether oxygens (including phenoxy) is 3. The summed E-state index contributed by atoms with van der Waals surface area (Å²) in [4.78, 5) is 11.2. The summed E-state index contributed by atoms with van der Waals surface area (Å²) in [5, 5.41) is 2.55. The lowest BCUT2D eigenvalue weighted by Gasteiger charge is -2.06. The van der Waals surface area contributed by atoms with E-state index in [4.69, 9.17) is 25.8 Å². The Bertz CT molecular complexity index is 396. The molecular weight excluding hydrogens is 234 g/mol. The van der Waals surface area contributed by atoms with E-state index in [2.05, 4.69) is 5.32 Å². The van der Waals surface area contributed by atoms with Crippen LogP contribution in [-0.2, 0) is 4.74 Å². The second-order valence-corrected chi connectivity index (χ2v) is 3.40. The van der Waals surface area contributed by atoms with Crippen molar-refractivity contribution in [3.8, 4) is 11.5 Å². The zero-order chi connectivity index (χ0) is 11.4. The molecule has 0 radical (unpaired) electrons. The smallest absolute Gasteiger partial charge is 0.411 e. The molecule has 0 unspecified atom stereocenters. The Morgan fingerprint density at radius 2 is 2.25 bits per heavy atom. The normalized spacial score (nSPS) is 12.3. The standard InChI is InChI=1S/C10H10ClNO4/c11-3-4-14-10(13)12-7-1-2-8-9(5-7)16-6-15-8/h1-2,5H,3-4,6H2,(H,12,13). The highest BCUT2D eigenvalue weighted by molar-refractivity contribution is 6.18. The number of rotatable bonds is 3. The number of amides is 1. The van der Waals surface area contributed by atoms with Crippen molar-refractivity contribution in [1.82, 2.24) is 0 Å². The summed E-state index contributed by atoms with van der Waals surface area (Å²) in [6.07, 6.45) is -0.542. The molecule has 86 valence electrons. The number of carbonyl (C=O) groups excluding carboxylic acids is 1. The summed E-state index contributed by atoms with van der Waals surface area (Å²) in [5.74, 6) is 1.55. The number of benzene rings is 1. The molecule has 0 aliphatic carbocycles. The van der Waals surface area contributed by atoms with E-state index in [1.165, 1.54) is 0 Å². The first-order valence-electron chi connectivity index (χ1n) is 4.69. The maximum absolute atomic E-state index is 11.2. The second kappa shape index (κ2) is 4.94. The van der Waals surface area contributed by atoms with Crippen LogP contribution in [0.4, 0.5) is 10.5 Å². The first kappa shape index (κ1) is 10.9. The molecule has 0 aromatic heterocycles. The van der Waals surface area contributed by atoms with Crippen molar-refractivity contribution < 1.29 is 19.0 Å². The van der Waals surface area contributed by atoms with Crippen LogP contribution in [-0.4, -0.2) is 25.4 Å². The summed E-state index contributed by atoms with van der Waals surface area (Å²) in [5.41, 5.74) is 0.587. The predicted molar refractivity (Wildman–Crippen MR) is 58.3 cm³/mol. The van der Waals surface area contributed by atoms with Gasteiger partial charge < -0.3 is 14.2 Å². The lowest BCUT2D eigenvalue weighted by atomic mass is 10.3. The molecular formula is C10H10ClNO4. The molecule has 0 bridgehead atoms. The molecule has 1 aliphatic heterocycles. The van der Waals surface area contributed by atoms with Crippen LogP contribution in [0.1, 0.15) is 0 Å². The SMILES string of the molecule is O=C(Nc1ccc2c(c1)OCO2)OCCCl. The van der Waals surface area contributed by atoms with Gasteiger partial charge in [0.2, 0.25) is 6.79 Å². The Hall–Kier alpha value is -1.62. The molecule has 0 saturated carbocycles. The van der Waals surface area contributed by atoms with Crippen LogP contribution >= 0.6 is 11.6 Å². The van der Waals surface area contributed by atoms with Gasteiger partial charge in [0.25, 0.3) is 0 Å². The lowest BCUT2D eigenvalue weighted by Crippen LogP contribution is -2.14. The van der Waals surface area contributed by atoms with Gasteiger partial charge in [-0.3, -0.25) is 5.32 Å². The molecule has 1 N–H and O–H groups in total. The average Bonchev–Trinajstić information content (AvgIpc) is 2.73. The van der Waals surface area contributed by atoms with E-state index < -0.39 is 6.09 Å². The number of anilines is 1. The van der Waals surface area contributed by atoms with Crippen LogP contribution in [0.3, 0.4) is 0 Å². The summed E-state index contributed by atoms with van der Waals surface area (Å²) in [7, 11) is 0. The molecule has 1 amide bonds. The Balaban J connectivity index is 1.97. The van der Waals surface area contributed by atoms with Crippen molar-refractivity contribution in [2.75, 3.05) is 24.6 Å². The zero-order valence-electron chi connectivity index (χ0n) is 8.36. The minimum atomic E-state index is -0.542. The van der Waals surface area contributed by atoms with Crippen LogP contribution in [0, 0.1) is 0 Å². The monoisotopic (exact) mass is 243 g/mol. The third-order valence-electron chi connectivity index (χ3n) is 1.93. The zero-order valence-corrected chi connectivity index (χ0v) is 9.12. The van der Waals surface area contributed by atoms with E-state index >= 15 is 0 Å². The molecule has 1 heterocycles. The Morgan fingerprint density at radius 3 is 3.06 bits per heavy atom. The number of hydrogen-bond donors (Lipinski definition) is 1. The molecule has 0 atom stereocenters. The number of hydrogen-bond acceptors (Lipinski definition) is 4. The van der Waals surface area contributed by atoms with Gasteiger partial charge in [0, 0.05) is 11.8 Å². The Morgan fingerprint density at radius 1 is 1.44 bits per heavy atom. The van der Waals surface area contributed by atoms with E-state index in [0.717, 1.165) is 0 Å².